The first kappa shape index (κ1) is 15.9. The molecule has 1 fully saturated rings. The van der Waals surface area contributed by atoms with Crippen molar-refractivity contribution in [3.63, 3.8) is 0 Å². The highest BCUT2D eigenvalue weighted by molar-refractivity contribution is 5.92. The molecule has 1 aromatic rings. The summed E-state index contributed by atoms with van der Waals surface area (Å²) in [4.78, 5) is 12.4. The maximum absolute atomic E-state index is 12.4. The van der Waals surface area contributed by atoms with Gasteiger partial charge in [-0.05, 0) is 36.3 Å². The lowest BCUT2D eigenvalue weighted by Crippen LogP contribution is -2.40. The third-order valence-electron chi connectivity index (χ3n) is 6.09. The Morgan fingerprint density at radius 1 is 1.33 bits per heavy atom. The van der Waals surface area contributed by atoms with Crippen LogP contribution in [0.3, 0.4) is 0 Å². The van der Waals surface area contributed by atoms with Crippen LogP contribution < -0.4 is 0 Å². The van der Waals surface area contributed by atoms with Gasteiger partial charge in [-0.1, -0.05) is 46.8 Å². The van der Waals surface area contributed by atoms with Gasteiger partial charge in [0.25, 0.3) is 0 Å². The zero-order valence-corrected chi connectivity index (χ0v) is 13.6. The Bertz CT molecular complexity index is 535. The van der Waals surface area contributed by atoms with Crippen molar-refractivity contribution in [2.45, 2.75) is 53.6 Å². The van der Waals surface area contributed by atoms with Crippen molar-refractivity contribution in [1.82, 2.24) is 0 Å². The summed E-state index contributed by atoms with van der Waals surface area (Å²) in [5, 5.41) is 9.80. The third kappa shape index (κ3) is 2.43. The Balaban J connectivity index is 2.24. The molecule has 21 heavy (non-hydrogen) atoms. The maximum atomic E-state index is 12.4. The lowest BCUT2D eigenvalue weighted by Gasteiger charge is -2.42. The van der Waals surface area contributed by atoms with Crippen molar-refractivity contribution in [2.24, 2.45) is 16.7 Å². The second kappa shape index (κ2) is 5.36. The van der Waals surface area contributed by atoms with Crippen LogP contribution in [0.2, 0.25) is 0 Å². The van der Waals surface area contributed by atoms with E-state index in [1.807, 2.05) is 0 Å². The molecule has 3 heteroatoms. The smallest absolute Gasteiger partial charge is 0.342 e. The fourth-order valence-corrected chi connectivity index (χ4v) is 3.55. The number of phenols is 1. The Morgan fingerprint density at radius 2 is 1.95 bits per heavy atom. The van der Waals surface area contributed by atoms with Crippen LogP contribution >= 0.6 is 0 Å². The zero-order valence-electron chi connectivity index (χ0n) is 13.6. The summed E-state index contributed by atoms with van der Waals surface area (Å²) in [6.45, 7) is 11.1. The lowest BCUT2D eigenvalue weighted by atomic mass is 9.64. The maximum Gasteiger partial charge on any atom is 0.342 e. The molecule has 3 unspecified atom stereocenters. The number of esters is 1. The largest absolute Gasteiger partial charge is 0.507 e. The molecule has 0 saturated heterocycles. The molecule has 116 valence electrons. The van der Waals surface area contributed by atoms with Gasteiger partial charge in [-0.25, -0.2) is 4.79 Å². The molecule has 1 aliphatic rings. The van der Waals surface area contributed by atoms with E-state index in [1.165, 1.54) is 6.07 Å². The lowest BCUT2D eigenvalue weighted by molar-refractivity contribution is -0.0318. The Hall–Kier alpha value is -1.51. The average molecular weight is 290 g/mol. The minimum atomic E-state index is -0.428. The van der Waals surface area contributed by atoms with Crippen molar-refractivity contribution in [3.05, 3.63) is 29.8 Å². The summed E-state index contributed by atoms with van der Waals surface area (Å²) in [6.07, 6.45) is 1.72. The molecule has 0 heterocycles. The highest BCUT2D eigenvalue weighted by Gasteiger charge is 2.56. The van der Waals surface area contributed by atoms with Gasteiger partial charge in [0.1, 0.15) is 17.4 Å². The number of aromatic hydroxyl groups is 1. The molecular formula is C18H26O3. The zero-order chi connectivity index (χ0) is 15.8. The van der Waals surface area contributed by atoms with Crippen molar-refractivity contribution >= 4 is 5.97 Å². The van der Waals surface area contributed by atoms with Crippen molar-refractivity contribution in [3.8, 4) is 5.75 Å². The number of para-hydroxylation sites is 1. The monoisotopic (exact) mass is 290 g/mol. The van der Waals surface area contributed by atoms with Crippen LogP contribution in [0, 0.1) is 16.7 Å². The Morgan fingerprint density at radius 3 is 2.52 bits per heavy atom. The van der Waals surface area contributed by atoms with Crippen molar-refractivity contribution in [1.29, 1.82) is 0 Å². The van der Waals surface area contributed by atoms with Gasteiger partial charge < -0.3 is 9.84 Å². The molecule has 1 saturated carbocycles. The van der Waals surface area contributed by atoms with Crippen LogP contribution in [-0.2, 0) is 4.74 Å². The highest BCUT2D eigenvalue weighted by Crippen LogP contribution is 2.58. The van der Waals surface area contributed by atoms with E-state index in [0.717, 1.165) is 12.8 Å². The molecule has 0 aromatic heterocycles. The van der Waals surface area contributed by atoms with Crippen LogP contribution in [-0.4, -0.2) is 17.2 Å². The third-order valence-corrected chi connectivity index (χ3v) is 6.09. The minimum Gasteiger partial charge on any atom is -0.507 e. The van der Waals surface area contributed by atoms with Gasteiger partial charge in [0.2, 0.25) is 0 Å². The van der Waals surface area contributed by atoms with E-state index in [0.29, 0.717) is 5.92 Å². The van der Waals surface area contributed by atoms with E-state index in [2.05, 4.69) is 34.6 Å². The molecule has 2 rings (SSSR count). The van der Waals surface area contributed by atoms with E-state index in [9.17, 15) is 9.90 Å². The number of rotatable bonds is 3. The van der Waals surface area contributed by atoms with Crippen LogP contribution in [0.5, 0.6) is 5.75 Å². The van der Waals surface area contributed by atoms with Crippen LogP contribution in [0.1, 0.15) is 57.8 Å². The molecule has 0 bridgehead atoms. The number of ether oxygens (including phenoxy) is 1. The van der Waals surface area contributed by atoms with E-state index in [-0.39, 0.29) is 28.2 Å². The number of hydrogen-bond acceptors (Lipinski definition) is 3. The van der Waals surface area contributed by atoms with Crippen LogP contribution in [0.25, 0.3) is 0 Å². The predicted molar refractivity (Wildman–Crippen MR) is 83.3 cm³/mol. The number of carbonyl (C=O) groups is 1. The van der Waals surface area contributed by atoms with E-state index in [4.69, 9.17) is 4.74 Å². The van der Waals surface area contributed by atoms with E-state index < -0.39 is 5.97 Å². The summed E-state index contributed by atoms with van der Waals surface area (Å²) in [6, 6.07) is 6.54. The summed E-state index contributed by atoms with van der Waals surface area (Å²) < 4.78 is 5.79. The van der Waals surface area contributed by atoms with Gasteiger partial charge in [0, 0.05) is 5.41 Å². The summed E-state index contributed by atoms with van der Waals surface area (Å²) >= 11 is 0. The molecule has 0 amide bonds. The quantitative estimate of drug-likeness (QED) is 0.839. The summed E-state index contributed by atoms with van der Waals surface area (Å²) in [5.74, 6) is 0.0401. The molecule has 0 radical (unpaired) electrons. The van der Waals surface area contributed by atoms with Gasteiger partial charge in [-0.2, -0.15) is 0 Å². The molecule has 0 spiro atoms. The standard InChI is InChI=1S/C18H26O3/c1-6-18(5)15(11-12(2)17(18,3)4)21-16(20)13-9-7-8-10-14(13)19/h7-10,12,15,19H,6,11H2,1-5H3. The molecule has 3 atom stereocenters. The first-order valence-corrected chi connectivity index (χ1v) is 7.73. The fraction of sp³-hybridized carbons (Fsp3) is 0.611. The van der Waals surface area contributed by atoms with Crippen LogP contribution in [0.15, 0.2) is 24.3 Å². The van der Waals surface area contributed by atoms with Crippen LogP contribution in [0.4, 0.5) is 0 Å². The molecule has 1 aromatic carbocycles. The summed E-state index contributed by atoms with van der Waals surface area (Å²) in [7, 11) is 0. The second-order valence-electron chi connectivity index (χ2n) is 7.04. The van der Waals surface area contributed by atoms with E-state index in [1.54, 1.807) is 18.2 Å². The van der Waals surface area contributed by atoms with Gasteiger partial charge in [0.15, 0.2) is 0 Å². The SMILES string of the molecule is CCC1(C)C(OC(=O)c2ccccc2O)CC(C)C1(C)C. The van der Waals surface area contributed by atoms with Gasteiger partial charge in [0.05, 0.1) is 0 Å². The highest BCUT2D eigenvalue weighted by atomic mass is 16.5. The number of phenolic OH excluding ortho intramolecular Hbond substituents is 1. The molecule has 0 aliphatic heterocycles. The predicted octanol–water partition coefficient (Wildman–Crippen LogP) is 4.40. The minimum absolute atomic E-state index is 0.0222. The number of hydrogen-bond donors (Lipinski definition) is 1. The van der Waals surface area contributed by atoms with Gasteiger partial charge in [-0.3, -0.25) is 0 Å². The fourth-order valence-electron chi connectivity index (χ4n) is 3.55. The molecule has 1 aliphatic carbocycles. The first-order valence-electron chi connectivity index (χ1n) is 7.73. The Labute approximate surface area is 127 Å². The molecular weight excluding hydrogens is 264 g/mol. The topological polar surface area (TPSA) is 46.5 Å². The van der Waals surface area contributed by atoms with Gasteiger partial charge >= 0.3 is 5.97 Å². The van der Waals surface area contributed by atoms with Gasteiger partial charge in [-0.15, -0.1) is 0 Å². The molecule has 1 N–H and O–H groups in total. The van der Waals surface area contributed by atoms with E-state index >= 15 is 0 Å². The van der Waals surface area contributed by atoms with Crippen molar-refractivity contribution < 1.29 is 14.6 Å². The van der Waals surface area contributed by atoms with Crippen molar-refractivity contribution in [2.75, 3.05) is 0 Å². The average Bonchev–Trinajstić information content (AvgIpc) is 2.60. The molecule has 3 nitrogen and oxygen atoms in total. The Kier molecular flexibility index (Phi) is 4.05. The summed E-state index contributed by atoms with van der Waals surface area (Å²) in [5.41, 5.74) is 0.311. The number of benzene rings is 1. The normalized spacial score (nSPS) is 31.1. The number of carbonyl (C=O) groups excluding carboxylic acids is 1. The first-order chi connectivity index (χ1) is 9.74. The second-order valence-corrected chi connectivity index (χ2v) is 7.04.